The van der Waals surface area contributed by atoms with Gasteiger partial charge in [-0.2, -0.15) is 5.10 Å². The number of benzene rings is 1. The number of pyridine rings is 1. The molecule has 1 aromatic carbocycles. The average Bonchev–Trinajstić information content (AvgIpc) is 2.95. The summed E-state index contributed by atoms with van der Waals surface area (Å²) >= 11 is 0. The van der Waals surface area contributed by atoms with Gasteiger partial charge in [0.2, 0.25) is 5.91 Å². The van der Waals surface area contributed by atoms with Crippen molar-refractivity contribution in [3.8, 4) is 11.1 Å². The minimum Gasteiger partial charge on any atom is -0.369 e. The van der Waals surface area contributed by atoms with E-state index in [0.29, 0.717) is 6.42 Å². The van der Waals surface area contributed by atoms with Gasteiger partial charge in [0.05, 0.1) is 5.92 Å². The van der Waals surface area contributed by atoms with Crippen LogP contribution in [-0.2, 0) is 4.79 Å². The molecule has 5 nitrogen and oxygen atoms in total. The molecular weight excluding hydrogens is 264 g/mol. The molecule has 2 N–H and O–H groups in total. The van der Waals surface area contributed by atoms with Crippen molar-refractivity contribution in [2.45, 2.75) is 19.3 Å². The summed E-state index contributed by atoms with van der Waals surface area (Å²) < 4.78 is 1.74. The quantitative estimate of drug-likeness (QED) is 0.797. The lowest BCUT2D eigenvalue weighted by molar-refractivity contribution is -0.119. The molecule has 0 saturated heterocycles. The predicted octanol–water partition coefficient (Wildman–Crippen LogP) is 2.38. The van der Waals surface area contributed by atoms with Gasteiger partial charge in [-0.25, -0.2) is 9.50 Å². The molecule has 3 aromatic rings. The van der Waals surface area contributed by atoms with E-state index in [0.717, 1.165) is 22.3 Å². The summed E-state index contributed by atoms with van der Waals surface area (Å²) in [6, 6.07) is 11.8. The summed E-state index contributed by atoms with van der Waals surface area (Å²) in [6.07, 6.45) is 4.17. The highest BCUT2D eigenvalue weighted by molar-refractivity contribution is 5.82. The third-order valence-corrected chi connectivity index (χ3v) is 3.67. The fraction of sp³-hybridized carbons (Fsp3) is 0.188. The third kappa shape index (κ3) is 2.50. The second kappa shape index (κ2) is 5.36. The van der Waals surface area contributed by atoms with Crippen molar-refractivity contribution in [2.75, 3.05) is 0 Å². The van der Waals surface area contributed by atoms with Gasteiger partial charge >= 0.3 is 0 Å². The third-order valence-electron chi connectivity index (χ3n) is 3.67. The second-order valence-electron chi connectivity index (χ2n) is 4.97. The number of carbonyl (C=O) groups is 1. The molecule has 0 aliphatic carbocycles. The summed E-state index contributed by atoms with van der Waals surface area (Å²) in [5.74, 6) is -0.508. The number of nitrogens with two attached hydrogens (primary N) is 1. The Balaban J connectivity index is 1.94. The first-order chi connectivity index (χ1) is 10.2. The average molecular weight is 280 g/mol. The molecule has 1 amide bonds. The number of nitrogens with zero attached hydrogens (tertiary/aromatic N) is 3. The van der Waals surface area contributed by atoms with Crippen molar-refractivity contribution < 1.29 is 4.79 Å². The van der Waals surface area contributed by atoms with Gasteiger partial charge in [-0.15, -0.1) is 0 Å². The van der Waals surface area contributed by atoms with Crippen molar-refractivity contribution in [3.05, 3.63) is 54.5 Å². The molecule has 0 aliphatic rings. The number of fused-ring (bicyclic) bond motifs is 1. The van der Waals surface area contributed by atoms with Gasteiger partial charge in [0, 0.05) is 11.8 Å². The first-order valence-electron chi connectivity index (χ1n) is 6.88. The molecule has 21 heavy (non-hydrogen) atoms. The van der Waals surface area contributed by atoms with E-state index in [-0.39, 0.29) is 11.8 Å². The zero-order valence-corrected chi connectivity index (χ0v) is 11.7. The topological polar surface area (TPSA) is 73.3 Å². The van der Waals surface area contributed by atoms with Gasteiger partial charge in [-0.05, 0) is 29.7 Å². The lowest BCUT2D eigenvalue weighted by Gasteiger charge is -2.12. The molecule has 5 heteroatoms. The lowest BCUT2D eigenvalue weighted by atomic mass is 9.94. The maximum absolute atomic E-state index is 11.4. The summed E-state index contributed by atoms with van der Waals surface area (Å²) in [5, 5.41) is 4.13. The molecule has 2 heterocycles. The predicted molar refractivity (Wildman–Crippen MR) is 80.6 cm³/mol. The number of rotatable bonds is 4. The molecule has 0 radical (unpaired) electrons. The monoisotopic (exact) mass is 280 g/mol. The lowest BCUT2D eigenvalue weighted by Crippen LogP contribution is -2.20. The van der Waals surface area contributed by atoms with E-state index in [1.54, 1.807) is 4.52 Å². The van der Waals surface area contributed by atoms with E-state index in [1.165, 1.54) is 6.33 Å². The number of hydrogen-bond donors (Lipinski definition) is 1. The molecule has 106 valence electrons. The molecule has 0 aliphatic heterocycles. The maximum atomic E-state index is 11.4. The standard InChI is InChI=1S/C16H16N4O/c1-2-14(16(17)21)12-5-3-11(4-6-12)13-7-8-15-18-10-19-20(15)9-13/h3-10,14H,2H2,1H3,(H2,17,21). The van der Waals surface area contributed by atoms with Crippen LogP contribution in [0, 0.1) is 0 Å². The molecule has 0 fully saturated rings. The number of carbonyl (C=O) groups excluding carboxylic acids is 1. The minimum absolute atomic E-state index is 0.225. The number of aromatic nitrogens is 3. The van der Waals surface area contributed by atoms with Crippen molar-refractivity contribution in [3.63, 3.8) is 0 Å². The van der Waals surface area contributed by atoms with Crippen molar-refractivity contribution in [2.24, 2.45) is 5.73 Å². The van der Waals surface area contributed by atoms with Gasteiger partial charge in [-0.3, -0.25) is 4.79 Å². The highest BCUT2D eigenvalue weighted by Crippen LogP contribution is 2.24. The SMILES string of the molecule is CCC(C(N)=O)c1ccc(-c2ccc3ncnn3c2)cc1. The van der Waals surface area contributed by atoms with Crippen LogP contribution >= 0.6 is 0 Å². The Labute approximate surface area is 122 Å². The highest BCUT2D eigenvalue weighted by atomic mass is 16.1. The Hall–Kier alpha value is -2.69. The Bertz CT molecular complexity index is 776. The van der Waals surface area contributed by atoms with Crippen molar-refractivity contribution in [1.82, 2.24) is 14.6 Å². The van der Waals surface area contributed by atoms with Crippen LogP contribution in [0.3, 0.4) is 0 Å². The molecule has 0 saturated carbocycles. The molecule has 0 spiro atoms. The molecule has 0 bridgehead atoms. The number of amides is 1. The van der Waals surface area contributed by atoms with E-state index in [2.05, 4.69) is 10.1 Å². The maximum Gasteiger partial charge on any atom is 0.224 e. The van der Waals surface area contributed by atoms with Gasteiger partial charge in [-0.1, -0.05) is 31.2 Å². The Morgan fingerprint density at radius 1 is 1.19 bits per heavy atom. The van der Waals surface area contributed by atoms with E-state index in [1.807, 2.05) is 49.5 Å². The summed E-state index contributed by atoms with van der Waals surface area (Å²) in [4.78, 5) is 15.5. The normalized spacial score (nSPS) is 12.4. The summed E-state index contributed by atoms with van der Waals surface area (Å²) in [7, 11) is 0. The zero-order chi connectivity index (χ0) is 14.8. The van der Waals surface area contributed by atoms with Gasteiger partial charge in [0.15, 0.2) is 5.65 Å². The van der Waals surface area contributed by atoms with Crippen LogP contribution in [-0.4, -0.2) is 20.5 Å². The van der Waals surface area contributed by atoms with E-state index in [4.69, 9.17) is 5.73 Å². The van der Waals surface area contributed by atoms with Gasteiger partial charge in [0.25, 0.3) is 0 Å². The van der Waals surface area contributed by atoms with Crippen molar-refractivity contribution in [1.29, 1.82) is 0 Å². The van der Waals surface area contributed by atoms with Crippen LogP contribution in [0.2, 0.25) is 0 Å². The van der Waals surface area contributed by atoms with Crippen LogP contribution in [0.4, 0.5) is 0 Å². The smallest absolute Gasteiger partial charge is 0.224 e. The molecule has 3 rings (SSSR count). The van der Waals surface area contributed by atoms with E-state index >= 15 is 0 Å². The largest absolute Gasteiger partial charge is 0.369 e. The second-order valence-corrected chi connectivity index (χ2v) is 4.97. The molecule has 1 atom stereocenters. The van der Waals surface area contributed by atoms with Gasteiger partial charge in [0.1, 0.15) is 6.33 Å². The zero-order valence-electron chi connectivity index (χ0n) is 11.7. The molecule has 1 unspecified atom stereocenters. The van der Waals surface area contributed by atoms with Crippen LogP contribution in [0.5, 0.6) is 0 Å². The fourth-order valence-corrected chi connectivity index (χ4v) is 2.50. The number of primary amides is 1. The van der Waals surface area contributed by atoms with Crippen LogP contribution in [0.25, 0.3) is 16.8 Å². The Morgan fingerprint density at radius 2 is 1.90 bits per heavy atom. The molecule has 2 aromatic heterocycles. The Kier molecular flexibility index (Phi) is 3.39. The minimum atomic E-state index is -0.283. The van der Waals surface area contributed by atoms with Crippen LogP contribution in [0.15, 0.2) is 48.9 Å². The Morgan fingerprint density at radius 3 is 2.57 bits per heavy atom. The fourth-order valence-electron chi connectivity index (χ4n) is 2.50. The van der Waals surface area contributed by atoms with Crippen molar-refractivity contribution >= 4 is 11.6 Å². The summed E-state index contributed by atoms with van der Waals surface area (Å²) in [5.41, 5.74) is 9.30. The highest BCUT2D eigenvalue weighted by Gasteiger charge is 2.15. The van der Waals surface area contributed by atoms with Crippen LogP contribution < -0.4 is 5.73 Å². The van der Waals surface area contributed by atoms with E-state index in [9.17, 15) is 4.79 Å². The van der Waals surface area contributed by atoms with Gasteiger partial charge < -0.3 is 5.73 Å². The number of hydrogen-bond acceptors (Lipinski definition) is 3. The summed E-state index contributed by atoms with van der Waals surface area (Å²) in [6.45, 7) is 1.96. The van der Waals surface area contributed by atoms with Crippen LogP contribution in [0.1, 0.15) is 24.8 Å². The first kappa shape index (κ1) is 13.3. The molecular formula is C16H16N4O. The first-order valence-corrected chi connectivity index (χ1v) is 6.88. The van der Waals surface area contributed by atoms with E-state index < -0.39 is 0 Å².